The Balaban J connectivity index is 1.48. The van der Waals surface area contributed by atoms with E-state index >= 15 is 0 Å². The van der Waals surface area contributed by atoms with E-state index in [1.54, 1.807) is 11.0 Å². The van der Waals surface area contributed by atoms with Crippen LogP contribution in [0.4, 0.5) is 4.39 Å². The number of rotatable bonds is 6. The maximum atomic E-state index is 13.3. The van der Waals surface area contributed by atoms with Gasteiger partial charge in [-0.15, -0.1) is 0 Å². The average Bonchev–Trinajstić information content (AvgIpc) is 3.11. The molecule has 134 valence electrons. The number of H-pyrrole nitrogens is 1. The van der Waals surface area contributed by atoms with Crippen molar-refractivity contribution in [1.82, 2.24) is 20.4 Å². The Morgan fingerprint density at radius 1 is 1.44 bits per heavy atom. The minimum atomic E-state index is -0.275. The maximum Gasteiger partial charge on any atom is 0.241 e. The maximum absolute atomic E-state index is 13.3. The van der Waals surface area contributed by atoms with Crippen LogP contribution in [0.1, 0.15) is 12.1 Å². The lowest BCUT2D eigenvalue weighted by Gasteiger charge is -2.27. The smallest absolute Gasteiger partial charge is 0.241 e. The van der Waals surface area contributed by atoms with Gasteiger partial charge in [0.1, 0.15) is 11.9 Å². The highest BCUT2D eigenvalue weighted by molar-refractivity contribution is 5.81. The number of carbonyl (C=O) groups excluding carboxylic acids is 1. The van der Waals surface area contributed by atoms with Crippen molar-refractivity contribution in [2.75, 3.05) is 33.4 Å². The Morgan fingerprint density at radius 2 is 2.32 bits per heavy atom. The van der Waals surface area contributed by atoms with Crippen molar-refractivity contribution in [3.8, 4) is 11.3 Å². The van der Waals surface area contributed by atoms with Crippen molar-refractivity contribution >= 4 is 5.91 Å². The topological polar surface area (TPSA) is 70.2 Å². The minimum absolute atomic E-state index is 0.0600. The van der Waals surface area contributed by atoms with Crippen LogP contribution < -0.4 is 5.32 Å². The first-order valence-corrected chi connectivity index (χ1v) is 8.50. The molecule has 1 fully saturated rings. The van der Waals surface area contributed by atoms with Crippen LogP contribution in [0.15, 0.2) is 30.3 Å². The molecule has 3 rings (SSSR count). The molecule has 1 aliphatic rings. The normalized spacial score (nSPS) is 17.4. The van der Waals surface area contributed by atoms with Crippen LogP contribution in [0.5, 0.6) is 0 Å². The number of halogens is 1. The Kier molecular flexibility index (Phi) is 5.78. The van der Waals surface area contributed by atoms with Crippen LogP contribution in [0.25, 0.3) is 11.3 Å². The number of hydrogen-bond acceptors (Lipinski definition) is 4. The fourth-order valence-corrected chi connectivity index (χ4v) is 2.89. The van der Waals surface area contributed by atoms with Crippen LogP contribution >= 0.6 is 0 Å². The first-order chi connectivity index (χ1) is 12.1. The van der Waals surface area contributed by atoms with Crippen LogP contribution in [0.3, 0.4) is 0 Å². The highest BCUT2D eigenvalue weighted by Crippen LogP contribution is 2.19. The number of amides is 1. The van der Waals surface area contributed by atoms with Gasteiger partial charge < -0.3 is 15.0 Å². The summed E-state index contributed by atoms with van der Waals surface area (Å²) in [7, 11) is 1.81. The molecule has 1 unspecified atom stereocenters. The first-order valence-electron chi connectivity index (χ1n) is 8.50. The van der Waals surface area contributed by atoms with Gasteiger partial charge in [0.25, 0.3) is 0 Å². The molecule has 1 atom stereocenters. The third-order valence-electron chi connectivity index (χ3n) is 4.29. The lowest BCUT2D eigenvalue weighted by molar-refractivity contribution is -0.135. The van der Waals surface area contributed by atoms with Gasteiger partial charge in [0.2, 0.25) is 5.91 Å². The number of aromatic amines is 1. The summed E-state index contributed by atoms with van der Waals surface area (Å²) in [6.07, 6.45) is 1.59. The molecule has 25 heavy (non-hydrogen) atoms. The van der Waals surface area contributed by atoms with Gasteiger partial charge in [-0.05, 0) is 31.0 Å². The van der Waals surface area contributed by atoms with E-state index in [1.807, 2.05) is 19.2 Å². The predicted octanol–water partition coefficient (Wildman–Crippen LogP) is 1.60. The molecule has 1 aromatic carbocycles. The summed E-state index contributed by atoms with van der Waals surface area (Å²) in [5.41, 5.74) is 2.44. The average molecular weight is 346 g/mol. The lowest BCUT2D eigenvalue weighted by Crippen LogP contribution is -2.51. The Hall–Kier alpha value is -2.25. The van der Waals surface area contributed by atoms with Crippen LogP contribution in [-0.4, -0.2) is 60.4 Å². The summed E-state index contributed by atoms with van der Waals surface area (Å²) in [6.45, 7) is 2.45. The molecule has 1 amide bonds. The summed E-state index contributed by atoms with van der Waals surface area (Å²) in [4.78, 5) is 14.0. The summed E-state index contributed by atoms with van der Waals surface area (Å²) in [6, 6.07) is 8.05. The zero-order valence-electron chi connectivity index (χ0n) is 14.3. The van der Waals surface area contributed by atoms with Crippen molar-refractivity contribution in [1.29, 1.82) is 0 Å². The van der Waals surface area contributed by atoms with E-state index in [9.17, 15) is 9.18 Å². The summed E-state index contributed by atoms with van der Waals surface area (Å²) in [5.74, 6) is -0.216. The van der Waals surface area contributed by atoms with Gasteiger partial charge in [-0.1, -0.05) is 12.1 Å². The lowest BCUT2D eigenvalue weighted by atomic mass is 10.1. The van der Waals surface area contributed by atoms with Gasteiger partial charge in [0.15, 0.2) is 0 Å². The number of morpholine rings is 1. The van der Waals surface area contributed by atoms with E-state index in [0.717, 1.165) is 29.8 Å². The molecule has 2 aromatic rings. The molecule has 2 N–H and O–H groups in total. The predicted molar refractivity (Wildman–Crippen MR) is 92.5 cm³/mol. The third-order valence-corrected chi connectivity index (χ3v) is 4.29. The number of ether oxygens (including phenoxy) is 1. The second kappa shape index (κ2) is 8.22. The number of carbonyl (C=O) groups is 1. The summed E-state index contributed by atoms with van der Waals surface area (Å²) in [5, 5.41) is 10.4. The first kappa shape index (κ1) is 17.6. The molecule has 0 aliphatic carbocycles. The Morgan fingerprint density at radius 3 is 3.08 bits per heavy atom. The van der Waals surface area contributed by atoms with Crippen LogP contribution in [0.2, 0.25) is 0 Å². The van der Waals surface area contributed by atoms with Gasteiger partial charge in [-0.2, -0.15) is 5.10 Å². The highest BCUT2D eigenvalue weighted by Gasteiger charge is 2.23. The SMILES string of the molecule is CN(CCCc1cc(-c2cccc(F)c2)n[nH]1)C(=O)C1COCCN1. The third kappa shape index (κ3) is 4.64. The molecule has 1 aliphatic heterocycles. The molecule has 0 bridgehead atoms. The number of aromatic nitrogens is 2. The molecule has 0 radical (unpaired) electrons. The van der Waals surface area contributed by atoms with E-state index in [0.29, 0.717) is 26.3 Å². The van der Waals surface area contributed by atoms with Crippen LogP contribution in [-0.2, 0) is 16.0 Å². The van der Waals surface area contributed by atoms with Gasteiger partial charge >= 0.3 is 0 Å². The van der Waals surface area contributed by atoms with E-state index in [-0.39, 0.29) is 17.8 Å². The van der Waals surface area contributed by atoms with Gasteiger partial charge in [-0.3, -0.25) is 9.89 Å². The van der Waals surface area contributed by atoms with Crippen LogP contribution in [0, 0.1) is 5.82 Å². The molecule has 2 heterocycles. The van der Waals surface area contributed by atoms with Crippen molar-refractivity contribution in [3.63, 3.8) is 0 Å². The largest absolute Gasteiger partial charge is 0.378 e. The Labute approximate surface area is 146 Å². The minimum Gasteiger partial charge on any atom is -0.378 e. The molecular weight excluding hydrogens is 323 g/mol. The molecule has 0 saturated carbocycles. The number of hydrogen-bond donors (Lipinski definition) is 2. The number of likely N-dealkylation sites (N-methyl/N-ethyl adjacent to an activating group) is 1. The zero-order chi connectivity index (χ0) is 17.6. The Bertz CT molecular complexity index is 713. The van der Waals surface area contributed by atoms with Gasteiger partial charge in [0.05, 0.1) is 18.9 Å². The molecule has 0 spiro atoms. The van der Waals surface area contributed by atoms with Crippen molar-refractivity contribution in [2.45, 2.75) is 18.9 Å². The summed E-state index contributed by atoms with van der Waals surface area (Å²) < 4.78 is 18.6. The number of benzene rings is 1. The fraction of sp³-hybridized carbons (Fsp3) is 0.444. The molecule has 6 nitrogen and oxygen atoms in total. The van der Waals surface area contributed by atoms with Gasteiger partial charge in [0, 0.05) is 31.4 Å². The zero-order valence-corrected chi connectivity index (χ0v) is 14.3. The summed E-state index contributed by atoms with van der Waals surface area (Å²) >= 11 is 0. The second-order valence-corrected chi connectivity index (χ2v) is 6.23. The number of nitrogens with zero attached hydrogens (tertiary/aromatic N) is 2. The van der Waals surface area contributed by atoms with E-state index < -0.39 is 0 Å². The highest BCUT2D eigenvalue weighted by atomic mass is 19.1. The fourth-order valence-electron chi connectivity index (χ4n) is 2.89. The van der Waals surface area contributed by atoms with E-state index in [4.69, 9.17) is 4.74 Å². The van der Waals surface area contributed by atoms with E-state index in [1.165, 1.54) is 12.1 Å². The number of aryl methyl sites for hydroxylation is 1. The molecular formula is C18H23FN4O2. The molecule has 1 aromatic heterocycles. The van der Waals surface area contributed by atoms with Crippen molar-refractivity contribution in [3.05, 3.63) is 41.8 Å². The number of nitrogens with one attached hydrogen (secondary N) is 2. The van der Waals surface area contributed by atoms with Crippen molar-refractivity contribution in [2.24, 2.45) is 0 Å². The second-order valence-electron chi connectivity index (χ2n) is 6.23. The molecule has 1 saturated heterocycles. The van der Waals surface area contributed by atoms with Gasteiger partial charge in [-0.25, -0.2) is 4.39 Å². The standard InChI is InChI=1S/C18H23FN4O2/c1-23(18(24)17-12-25-9-7-20-17)8-3-6-15-11-16(22-21-15)13-4-2-5-14(19)10-13/h2,4-5,10-11,17,20H,3,6-9,12H2,1H3,(H,21,22). The quantitative estimate of drug-likeness (QED) is 0.833. The molecule has 7 heteroatoms. The monoisotopic (exact) mass is 346 g/mol. The van der Waals surface area contributed by atoms with E-state index in [2.05, 4.69) is 15.5 Å². The van der Waals surface area contributed by atoms with Crippen molar-refractivity contribution < 1.29 is 13.9 Å².